The molecule has 0 aliphatic heterocycles. The van der Waals surface area contributed by atoms with Crippen molar-refractivity contribution in [2.45, 2.75) is 62.2 Å². The van der Waals surface area contributed by atoms with Crippen LogP contribution in [0.5, 0.6) is 0 Å². The van der Waals surface area contributed by atoms with Gasteiger partial charge < -0.3 is 15.2 Å². The molecule has 1 aromatic carbocycles. The molecule has 0 atom stereocenters. The molecule has 30 heavy (non-hydrogen) atoms. The minimum absolute atomic E-state index is 0.134. The summed E-state index contributed by atoms with van der Waals surface area (Å²) in [5, 5.41) is 15.3. The summed E-state index contributed by atoms with van der Waals surface area (Å²) < 4.78 is 2.03. The monoisotopic (exact) mass is 425 g/mol. The van der Waals surface area contributed by atoms with Gasteiger partial charge in [0.1, 0.15) is 5.82 Å². The van der Waals surface area contributed by atoms with Gasteiger partial charge in [-0.25, -0.2) is 0 Å². The highest BCUT2D eigenvalue weighted by atomic mass is 32.2. The van der Waals surface area contributed by atoms with Crippen molar-refractivity contribution in [1.82, 2.24) is 20.1 Å². The lowest BCUT2D eigenvalue weighted by atomic mass is 10.1. The third-order valence-corrected chi connectivity index (χ3v) is 6.43. The first-order valence-electron chi connectivity index (χ1n) is 10.5. The summed E-state index contributed by atoms with van der Waals surface area (Å²) in [4.78, 5) is 25.3. The van der Waals surface area contributed by atoms with Crippen molar-refractivity contribution >= 4 is 29.3 Å². The van der Waals surface area contributed by atoms with Crippen molar-refractivity contribution in [3.63, 3.8) is 0 Å². The van der Waals surface area contributed by atoms with Crippen LogP contribution in [0, 0.1) is 0 Å². The average molecular weight is 426 g/mol. The molecule has 4 rings (SSSR count). The summed E-state index contributed by atoms with van der Waals surface area (Å²) in [7, 11) is 0. The number of hydrogen-bond donors (Lipinski definition) is 2. The maximum Gasteiger partial charge on any atom is 0.253 e. The molecule has 8 heteroatoms. The lowest BCUT2D eigenvalue weighted by Crippen LogP contribution is -2.33. The summed E-state index contributed by atoms with van der Waals surface area (Å²) in [6.07, 6.45) is 8.44. The van der Waals surface area contributed by atoms with Crippen LogP contribution in [0.2, 0.25) is 0 Å². The number of hydrogen-bond acceptors (Lipinski definition) is 5. The van der Waals surface area contributed by atoms with Crippen molar-refractivity contribution in [3.05, 3.63) is 48.3 Å². The Balaban J connectivity index is 1.38. The summed E-state index contributed by atoms with van der Waals surface area (Å²) in [5.41, 5.74) is 1.03. The Kier molecular flexibility index (Phi) is 6.52. The van der Waals surface area contributed by atoms with Crippen molar-refractivity contribution in [2.24, 2.45) is 0 Å². The minimum Gasteiger partial charge on any atom is -0.349 e. The van der Waals surface area contributed by atoms with Crippen molar-refractivity contribution in [1.29, 1.82) is 0 Å². The summed E-state index contributed by atoms with van der Waals surface area (Å²) in [6.45, 7) is 4.44. The van der Waals surface area contributed by atoms with Gasteiger partial charge in [-0.1, -0.05) is 42.8 Å². The first kappa shape index (κ1) is 20.7. The van der Waals surface area contributed by atoms with Crippen molar-refractivity contribution in [2.75, 3.05) is 11.1 Å². The van der Waals surface area contributed by atoms with Gasteiger partial charge in [-0.05, 0) is 37.8 Å². The van der Waals surface area contributed by atoms with Crippen molar-refractivity contribution in [3.8, 4) is 0 Å². The Bertz CT molecular complexity index is 931. The highest BCUT2D eigenvalue weighted by Crippen LogP contribution is 2.40. The van der Waals surface area contributed by atoms with E-state index in [1.165, 1.54) is 11.8 Å². The number of allylic oxidation sites excluding steroid dienone is 1. The predicted octanol–water partition coefficient (Wildman–Crippen LogP) is 3.74. The van der Waals surface area contributed by atoms with E-state index in [-0.39, 0.29) is 23.6 Å². The quantitative estimate of drug-likeness (QED) is 0.472. The summed E-state index contributed by atoms with van der Waals surface area (Å²) >= 11 is 1.35. The molecule has 2 fully saturated rings. The second-order valence-electron chi connectivity index (χ2n) is 7.85. The fraction of sp³-hybridized carbons (Fsp3) is 0.455. The number of para-hydroxylation sites is 1. The fourth-order valence-electron chi connectivity index (χ4n) is 3.79. The molecule has 2 aliphatic rings. The lowest BCUT2D eigenvalue weighted by Gasteiger charge is -2.15. The molecule has 2 aliphatic carbocycles. The zero-order valence-corrected chi connectivity index (χ0v) is 17.8. The van der Waals surface area contributed by atoms with E-state index in [2.05, 4.69) is 27.4 Å². The molecule has 1 aromatic heterocycles. The molecule has 2 N–H and O–H groups in total. The summed E-state index contributed by atoms with van der Waals surface area (Å²) in [5.74, 6) is 1.34. The number of rotatable bonds is 9. The van der Waals surface area contributed by atoms with E-state index in [9.17, 15) is 9.59 Å². The normalized spacial score (nSPS) is 16.4. The first-order valence-corrected chi connectivity index (χ1v) is 11.5. The number of carbonyl (C=O) groups excluding carboxylic acids is 2. The number of nitrogens with zero attached hydrogens (tertiary/aromatic N) is 3. The van der Waals surface area contributed by atoms with Gasteiger partial charge in [0, 0.05) is 18.5 Å². The van der Waals surface area contributed by atoms with Gasteiger partial charge in [0.15, 0.2) is 5.16 Å². The van der Waals surface area contributed by atoms with Crippen LogP contribution in [0.15, 0.2) is 42.1 Å². The number of carbonyl (C=O) groups is 2. The Hall–Kier alpha value is -2.61. The molecule has 0 spiro atoms. The molecule has 7 nitrogen and oxygen atoms in total. The van der Waals surface area contributed by atoms with E-state index in [1.807, 2.05) is 22.8 Å². The predicted molar refractivity (Wildman–Crippen MR) is 118 cm³/mol. The van der Waals surface area contributed by atoms with Gasteiger partial charge in [0.05, 0.1) is 17.0 Å². The largest absolute Gasteiger partial charge is 0.349 e. The fourth-order valence-corrected chi connectivity index (χ4v) is 4.55. The molecule has 0 unspecified atom stereocenters. The number of anilines is 1. The van der Waals surface area contributed by atoms with Gasteiger partial charge >= 0.3 is 0 Å². The number of amides is 2. The maximum atomic E-state index is 12.7. The number of benzene rings is 1. The zero-order chi connectivity index (χ0) is 20.9. The minimum atomic E-state index is -0.178. The van der Waals surface area contributed by atoms with Gasteiger partial charge in [-0.15, -0.1) is 16.8 Å². The third-order valence-electron chi connectivity index (χ3n) is 5.47. The molecule has 2 aromatic rings. The van der Waals surface area contributed by atoms with Crippen LogP contribution >= 0.6 is 11.8 Å². The van der Waals surface area contributed by atoms with Crippen LogP contribution in [0.25, 0.3) is 0 Å². The van der Waals surface area contributed by atoms with E-state index >= 15 is 0 Å². The average Bonchev–Trinajstić information content (AvgIpc) is 3.31. The van der Waals surface area contributed by atoms with Gasteiger partial charge in [-0.3, -0.25) is 9.59 Å². The highest BCUT2D eigenvalue weighted by molar-refractivity contribution is 7.99. The second-order valence-corrected chi connectivity index (χ2v) is 8.79. The Morgan fingerprint density at radius 2 is 1.93 bits per heavy atom. The molecule has 158 valence electrons. The van der Waals surface area contributed by atoms with Crippen LogP contribution in [0.1, 0.15) is 60.6 Å². The topological polar surface area (TPSA) is 88.9 Å². The smallest absolute Gasteiger partial charge is 0.253 e. The van der Waals surface area contributed by atoms with Crippen LogP contribution in [0.3, 0.4) is 0 Å². The Morgan fingerprint density at radius 1 is 1.17 bits per heavy atom. The van der Waals surface area contributed by atoms with E-state index < -0.39 is 0 Å². The SMILES string of the molecule is C=CCn1c(SCC(=O)Nc2ccccc2C(=O)NC2CCCC2)nnc1C1CC1. The standard InChI is InChI=1S/C22H27N5O2S/c1-2-13-27-20(15-11-12-15)25-26-22(27)30-14-19(28)24-18-10-6-5-9-17(18)21(29)23-16-7-3-4-8-16/h2,5-6,9-10,15-16H,1,3-4,7-8,11-14H2,(H,23,29)(H,24,28). The molecular weight excluding hydrogens is 398 g/mol. The van der Waals surface area contributed by atoms with E-state index in [0.717, 1.165) is 49.5 Å². The van der Waals surface area contributed by atoms with Crippen LogP contribution < -0.4 is 10.6 Å². The Morgan fingerprint density at radius 3 is 2.67 bits per heavy atom. The second kappa shape index (κ2) is 9.47. The zero-order valence-electron chi connectivity index (χ0n) is 17.0. The van der Waals surface area contributed by atoms with E-state index in [4.69, 9.17) is 0 Å². The van der Waals surface area contributed by atoms with Crippen LogP contribution in [-0.4, -0.2) is 38.4 Å². The number of aromatic nitrogens is 3. The highest BCUT2D eigenvalue weighted by Gasteiger charge is 2.30. The van der Waals surface area contributed by atoms with Crippen molar-refractivity contribution < 1.29 is 9.59 Å². The summed E-state index contributed by atoms with van der Waals surface area (Å²) in [6, 6.07) is 7.37. The van der Waals surface area contributed by atoms with Gasteiger partial charge in [0.2, 0.25) is 5.91 Å². The maximum absolute atomic E-state index is 12.7. The molecule has 2 saturated carbocycles. The van der Waals surface area contributed by atoms with E-state index in [0.29, 0.717) is 23.7 Å². The molecule has 2 amide bonds. The van der Waals surface area contributed by atoms with Gasteiger partial charge in [-0.2, -0.15) is 0 Å². The van der Waals surface area contributed by atoms with E-state index in [1.54, 1.807) is 12.1 Å². The number of thioether (sulfide) groups is 1. The molecule has 1 heterocycles. The molecule has 0 saturated heterocycles. The molecule has 0 bridgehead atoms. The van der Waals surface area contributed by atoms with Gasteiger partial charge in [0.25, 0.3) is 5.91 Å². The Labute approximate surface area is 180 Å². The first-order chi connectivity index (χ1) is 14.7. The number of nitrogens with one attached hydrogen (secondary N) is 2. The van der Waals surface area contributed by atoms with Crippen LogP contribution in [0.4, 0.5) is 5.69 Å². The molecular formula is C22H27N5O2S. The molecule has 0 radical (unpaired) electrons. The lowest BCUT2D eigenvalue weighted by molar-refractivity contribution is -0.113. The third kappa shape index (κ3) is 4.92. The van der Waals surface area contributed by atoms with Crippen LogP contribution in [-0.2, 0) is 11.3 Å².